The van der Waals surface area contributed by atoms with Crippen molar-refractivity contribution in [1.29, 1.82) is 0 Å². The number of para-hydroxylation sites is 2. The minimum Gasteiger partial charge on any atom is -0.478 e. The van der Waals surface area contributed by atoms with Crippen LogP contribution in [0.4, 0.5) is 11.4 Å². The molecule has 0 heterocycles. The van der Waals surface area contributed by atoms with Gasteiger partial charge in [0.1, 0.15) is 0 Å². The summed E-state index contributed by atoms with van der Waals surface area (Å²) in [5.41, 5.74) is 0.0467. The van der Waals surface area contributed by atoms with Crippen LogP contribution in [0.1, 0.15) is 5.56 Å². The van der Waals surface area contributed by atoms with Gasteiger partial charge in [-0.2, -0.15) is 8.42 Å². The van der Waals surface area contributed by atoms with E-state index in [1.807, 2.05) is 0 Å². The molecule has 0 aromatic heterocycles. The predicted octanol–water partition coefficient (Wildman–Crippen LogP) is 2.43. The second-order valence-electron chi connectivity index (χ2n) is 4.66. The lowest BCUT2D eigenvalue weighted by molar-refractivity contribution is -0.385. The average Bonchev–Trinajstić information content (AvgIpc) is 2.52. The number of carboxylic acids is 1. The predicted molar refractivity (Wildman–Crippen MR) is 89.4 cm³/mol. The van der Waals surface area contributed by atoms with E-state index in [1.165, 1.54) is 36.4 Å². The zero-order valence-electron chi connectivity index (χ0n) is 12.5. The van der Waals surface area contributed by atoms with Gasteiger partial charge < -0.3 is 9.29 Å². The fourth-order valence-electron chi connectivity index (χ4n) is 1.84. The van der Waals surface area contributed by atoms with Gasteiger partial charge in [-0.25, -0.2) is 4.79 Å². The molecule has 0 atom stereocenters. The van der Waals surface area contributed by atoms with Gasteiger partial charge in [0.25, 0.3) is 0 Å². The first-order valence-electron chi connectivity index (χ1n) is 6.73. The molecule has 25 heavy (non-hydrogen) atoms. The topological polar surface area (TPSA) is 136 Å². The summed E-state index contributed by atoms with van der Waals surface area (Å²) in [6, 6.07) is 10.9. The molecular formula is C15H12N2O7S. The smallest absolute Gasteiger partial charge is 0.407 e. The van der Waals surface area contributed by atoms with Crippen molar-refractivity contribution in [3.63, 3.8) is 0 Å². The number of aliphatic carboxylic acids is 1. The number of nitro groups is 1. The third kappa shape index (κ3) is 5.32. The molecule has 0 spiro atoms. The summed E-state index contributed by atoms with van der Waals surface area (Å²) in [4.78, 5) is 20.6. The molecule has 0 saturated carbocycles. The molecule has 2 N–H and O–H groups in total. The number of rotatable bonds is 7. The molecule has 9 nitrogen and oxygen atoms in total. The van der Waals surface area contributed by atoms with Crippen molar-refractivity contribution in [2.45, 2.75) is 0 Å². The van der Waals surface area contributed by atoms with Gasteiger partial charge in [0, 0.05) is 12.1 Å². The lowest BCUT2D eigenvalue weighted by Crippen LogP contribution is -2.19. The molecule has 130 valence electrons. The van der Waals surface area contributed by atoms with Crippen LogP contribution in [0.15, 0.2) is 54.6 Å². The molecule has 0 aliphatic carbocycles. The van der Waals surface area contributed by atoms with Crippen LogP contribution in [0.25, 0.3) is 6.08 Å². The van der Waals surface area contributed by atoms with Crippen molar-refractivity contribution in [2.24, 2.45) is 0 Å². The Hall–Kier alpha value is -3.40. The number of hydrogen-bond acceptors (Lipinski definition) is 6. The van der Waals surface area contributed by atoms with Crippen molar-refractivity contribution >= 4 is 33.7 Å². The highest BCUT2D eigenvalue weighted by atomic mass is 32.2. The van der Waals surface area contributed by atoms with Crippen LogP contribution in [-0.2, 0) is 15.1 Å². The van der Waals surface area contributed by atoms with E-state index in [0.717, 1.165) is 18.2 Å². The molecule has 0 unspecified atom stereocenters. The number of benzene rings is 2. The van der Waals surface area contributed by atoms with E-state index in [0.29, 0.717) is 5.56 Å². The first-order chi connectivity index (χ1) is 11.8. The van der Waals surface area contributed by atoms with E-state index in [2.05, 4.69) is 4.72 Å². The summed E-state index contributed by atoms with van der Waals surface area (Å²) in [6.07, 6.45) is 2.18. The van der Waals surface area contributed by atoms with Crippen LogP contribution >= 0.6 is 0 Å². The second kappa shape index (κ2) is 7.45. The highest BCUT2D eigenvalue weighted by Gasteiger charge is 2.20. The van der Waals surface area contributed by atoms with Crippen molar-refractivity contribution in [2.75, 3.05) is 4.72 Å². The summed E-state index contributed by atoms with van der Waals surface area (Å²) in [7, 11) is -4.39. The Morgan fingerprint density at radius 2 is 1.92 bits per heavy atom. The summed E-state index contributed by atoms with van der Waals surface area (Å²) in [5.74, 6) is -1.58. The van der Waals surface area contributed by atoms with Crippen LogP contribution in [0.3, 0.4) is 0 Å². The van der Waals surface area contributed by atoms with Crippen LogP contribution in [0.5, 0.6) is 5.75 Å². The second-order valence-corrected chi connectivity index (χ2v) is 5.94. The largest absolute Gasteiger partial charge is 0.478 e. The Kier molecular flexibility index (Phi) is 5.35. The minimum absolute atomic E-state index is 0.103. The number of carboxylic acid groups (broad SMARTS) is 1. The molecule has 2 rings (SSSR count). The lowest BCUT2D eigenvalue weighted by atomic mass is 10.2. The maximum Gasteiger partial charge on any atom is 0.407 e. The zero-order valence-corrected chi connectivity index (χ0v) is 13.3. The number of anilines is 1. The molecule has 0 aliphatic heterocycles. The maximum absolute atomic E-state index is 12.1. The van der Waals surface area contributed by atoms with Gasteiger partial charge in [0.05, 0.1) is 10.6 Å². The van der Waals surface area contributed by atoms with Crippen molar-refractivity contribution < 1.29 is 27.4 Å². The maximum atomic E-state index is 12.1. The van der Waals surface area contributed by atoms with E-state index in [-0.39, 0.29) is 5.69 Å². The normalized spacial score (nSPS) is 11.2. The molecule has 10 heteroatoms. The Labute approximate surface area is 142 Å². The Bertz CT molecular complexity index is 938. The van der Waals surface area contributed by atoms with Crippen LogP contribution < -0.4 is 8.91 Å². The molecule has 0 saturated heterocycles. The summed E-state index contributed by atoms with van der Waals surface area (Å²) in [6.45, 7) is 0. The van der Waals surface area contributed by atoms with E-state index in [4.69, 9.17) is 9.29 Å². The fraction of sp³-hybridized carbons (Fsp3) is 0. The zero-order chi connectivity index (χ0) is 18.4. The van der Waals surface area contributed by atoms with E-state index in [1.54, 1.807) is 6.07 Å². The lowest BCUT2D eigenvalue weighted by Gasteiger charge is -2.09. The van der Waals surface area contributed by atoms with Crippen LogP contribution in [0.2, 0.25) is 0 Å². The van der Waals surface area contributed by atoms with Gasteiger partial charge in [0.2, 0.25) is 5.75 Å². The number of nitro benzene ring substituents is 1. The van der Waals surface area contributed by atoms with E-state index < -0.39 is 32.6 Å². The Morgan fingerprint density at radius 1 is 1.20 bits per heavy atom. The molecule has 0 amide bonds. The third-order valence-electron chi connectivity index (χ3n) is 2.81. The SMILES string of the molecule is O=C(O)/C=C/c1cccc(NS(=O)(=O)Oc2ccccc2[N+](=O)[O-])c1. The molecule has 0 radical (unpaired) electrons. The molecule has 2 aromatic rings. The molecule has 0 fully saturated rings. The number of nitrogens with zero attached hydrogens (tertiary/aromatic N) is 1. The van der Waals surface area contributed by atoms with Crippen molar-refractivity contribution in [1.82, 2.24) is 0 Å². The number of nitrogens with one attached hydrogen (secondary N) is 1. The highest BCUT2D eigenvalue weighted by Crippen LogP contribution is 2.27. The minimum atomic E-state index is -4.39. The Balaban J connectivity index is 2.21. The van der Waals surface area contributed by atoms with E-state index in [9.17, 15) is 23.3 Å². The molecule has 0 bridgehead atoms. The van der Waals surface area contributed by atoms with Gasteiger partial charge in [-0.05, 0) is 29.8 Å². The van der Waals surface area contributed by atoms with Crippen molar-refractivity contribution in [3.05, 3.63) is 70.3 Å². The first kappa shape index (κ1) is 17.9. The van der Waals surface area contributed by atoms with Gasteiger partial charge >= 0.3 is 22.0 Å². The van der Waals surface area contributed by atoms with Crippen molar-refractivity contribution in [3.8, 4) is 5.75 Å². The number of carbonyl (C=O) groups is 1. The van der Waals surface area contributed by atoms with Crippen LogP contribution in [0, 0.1) is 10.1 Å². The molecule has 2 aromatic carbocycles. The van der Waals surface area contributed by atoms with E-state index >= 15 is 0 Å². The summed E-state index contributed by atoms with van der Waals surface area (Å²) < 4.78 is 31.0. The van der Waals surface area contributed by atoms with Gasteiger partial charge in [-0.1, -0.05) is 24.3 Å². The first-order valence-corrected chi connectivity index (χ1v) is 8.14. The highest BCUT2D eigenvalue weighted by molar-refractivity contribution is 7.88. The third-order valence-corrected chi connectivity index (χ3v) is 3.69. The monoisotopic (exact) mass is 364 g/mol. The summed E-state index contributed by atoms with van der Waals surface area (Å²) in [5, 5.41) is 19.5. The Morgan fingerprint density at radius 3 is 2.60 bits per heavy atom. The average molecular weight is 364 g/mol. The molecule has 0 aliphatic rings. The quantitative estimate of drug-likeness (QED) is 0.437. The van der Waals surface area contributed by atoms with Gasteiger partial charge in [0.15, 0.2) is 0 Å². The van der Waals surface area contributed by atoms with Crippen LogP contribution in [-0.4, -0.2) is 24.4 Å². The fourth-order valence-corrected chi connectivity index (χ4v) is 2.67. The summed E-state index contributed by atoms with van der Waals surface area (Å²) >= 11 is 0. The number of hydrogen-bond donors (Lipinski definition) is 2. The van der Waals surface area contributed by atoms with Gasteiger partial charge in [-0.15, -0.1) is 0 Å². The van der Waals surface area contributed by atoms with Gasteiger partial charge in [-0.3, -0.25) is 14.8 Å². The molecular weight excluding hydrogens is 352 g/mol. The standard InChI is InChI=1S/C15H12N2O7S/c18-15(19)9-8-11-4-3-5-12(10-11)16-25(22,23)24-14-7-2-1-6-13(14)17(20)21/h1-10,16H,(H,18,19)/b9-8+.